The maximum atomic E-state index is 5.97. The Labute approximate surface area is 127 Å². The van der Waals surface area contributed by atoms with Crippen LogP contribution in [-0.2, 0) is 13.0 Å². The zero-order chi connectivity index (χ0) is 15.1. The number of pyridine rings is 1. The lowest BCUT2D eigenvalue weighted by atomic mass is 10.1. The highest BCUT2D eigenvalue weighted by Gasteiger charge is 2.06. The molecule has 0 fully saturated rings. The van der Waals surface area contributed by atoms with E-state index in [4.69, 9.17) is 4.74 Å². The highest BCUT2D eigenvalue weighted by atomic mass is 16.5. The minimum atomic E-state index is 0.444. The summed E-state index contributed by atoms with van der Waals surface area (Å²) in [5.41, 5.74) is 2.47. The summed E-state index contributed by atoms with van der Waals surface area (Å²) in [5.74, 6) is 1.67. The second kappa shape index (κ2) is 7.79. The lowest BCUT2D eigenvalue weighted by Gasteiger charge is -2.13. The van der Waals surface area contributed by atoms with Crippen molar-refractivity contribution in [1.29, 1.82) is 0 Å². The topological polar surface area (TPSA) is 34.1 Å². The predicted octanol–water partition coefficient (Wildman–Crippen LogP) is 4.32. The maximum absolute atomic E-state index is 5.97. The van der Waals surface area contributed by atoms with E-state index >= 15 is 0 Å². The molecule has 0 saturated heterocycles. The van der Waals surface area contributed by atoms with Crippen LogP contribution < -0.4 is 10.1 Å². The van der Waals surface area contributed by atoms with Crippen molar-refractivity contribution in [2.24, 2.45) is 0 Å². The fourth-order valence-electron chi connectivity index (χ4n) is 2.10. The van der Waals surface area contributed by atoms with Crippen LogP contribution in [0.2, 0.25) is 0 Å². The third kappa shape index (κ3) is 4.87. The van der Waals surface area contributed by atoms with Crippen molar-refractivity contribution >= 4 is 0 Å². The first-order chi connectivity index (χ1) is 10.2. The number of aromatic nitrogens is 1. The van der Waals surface area contributed by atoms with Crippen LogP contribution in [0.1, 0.15) is 38.3 Å². The molecule has 3 nitrogen and oxygen atoms in total. The number of nitrogens with zero attached hydrogens (tertiary/aromatic N) is 1. The summed E-state index contributed by atoms with van der Waals surface area (Å²) in [6, 6.07) is 10.7. The van der Waals surface area contributed by atoms with E-state index in [0.717, 1.165) is 36.4 Å². The summed E-state index contributed by atoms with van der Waals surface area (Å²) in [6.07, 6.45) is 5.84. The van der Waals surface area contributed by atoms with Gasteiger partial charge >= 0.3 is 0 Å². The summed E-state index contributed by atoms with van der Waals surface area (Å²) in [7, 11) is 0. The lowest BCUT2D eigenvalue weighted by Crippen LogP contribution is -2.22. The van der Waals surface area contributed by atoms with E-state index in [2.05, 4.69) is 43.2 Å². The summed E-state index contributed by atoms with van der Waals surface area (Å²) < 4.78 is 5.97. The summed E-state index contributed by atoms with van der Waals surface area (Å²) in [6.45, 7) is 7.24. The van der Waals surface area contributed by atoms with Crippen molar-refractivity contribution in [1.82, 2.24) is 10.3 Å². The van der Waals surface area contributed by atoms with Gasteiger partial charge in [0.05, 0.1) is 6.20 Å². The van der Waals surface area contributed by atoms with Crippen LogP contribution in [0.5, 0.6) is 11.5 Å². The number of aryl methyl sites for hydroxylation is 1. The molecule has 0 aliphatic heterocycles. The monoisotopic (exact) mass is 284 g/mol. The third-order valence-corrected chi connectivity index (χ3v) is 3.26. The second-order valence-corrected chi connectivity index (χ2v) is 5.52. The van der Waals surface area contributed by atoms with Gasteiger partial charge in [-0.05, 0) is 30.2 Å². The van der Waals surface area contributed by atoms with Gasteiger partial charge in [0.1, 0.15) is 11.5 Å². The molecule has 1 aromatic carbocycles. The first-order valence-corrected chi connectivity index (χ1v) is 7.62. The van der Waals surface area contributed by atoms with E-state index in [1.807, 2.05) is 18.2 Å². The van der Waals surface area contributed by atoms with Gasteiger partial charge in [-0.1, -0.05) is 39.3 Å². The quantitative estimate of drug-likeness (QED) is 0.822. The van der Waals surface area contributed by atoms with Gasteiger partial charge in [-0.2, -0.15) is 0 Å². The number of hydrogen-bond acceptors (Lipinski definition) is 3. The lowest BCUT2D eigenvalue weighted by molar-refractivity contribution is 0.467. The van der Waals surface area contributed by atoms with Crippen LogP contribution in [0.4, 0.5) is 0 Å². The normalized spacial score (nSPS) is 10.9. The highest BCUT2D eigenvalue weighted by Crippen LogP contribution is 2.25. The zero-order valence-corrected chi connectivity index (χ0v) is 13.1. The molecular formula is C18H24N2O. The molecule has 21 heavy (non-hydrogen) atoms. The fourth-order valence-corrected chi connectivity index (χ4v) is 2.10. The average molecular weight is 284 g/mol. The Balaban J connectivity index is 2.08. The minimum Gasteiger partial charge on any atom is -0.455 e. The van der Waals surface area contributed by atoms with Gasteiger partial charge in [0.25, 0.3) is 0 Å². The Bertz CT molecular complexity index is 549. The van der Waals surface area contributed by atoms with Crippen LogP contribution >= 0.6 is 0 Å². The van der Waals surface area contributed by atoms with Gasteiger partial charge in [0.2, 0.25) is 0 Å². The van der Waals surface area contributed by atoms with E-state index in [0.29, 0.717) is 6.04 Å². The number of benzene rings is 1. The van der Waals surface area contributed by atoms with E-state index < -0.39 is 0 Å². The standard InChI is InChI=1S/C18H24N2O/c1-4-5-15-6-8-17(9-7-15)21-18-13-19-11-10-16(18)12-20-14(2)3/h6-11,13-14,20H,4-5,12H2,1-3H3. The van der Waals surface area contributed by atoms with Gasteiger partial charge in [-0.3, -0.25) is 4.98 Å². The van der Waals surface area contributed by atoms with Crippen LogP contribution in [0.25, 0.3) is 0 Å². The average Bonchev–Trinajstić information content (AvgIpc) is 2.48. The summed E-state index contributed by atoms with van der Waals surface area (Å²) >= 11 is 0. The first kappa shape index (κ1) is 15.5. The number of hydrogen-bond donors (Lipinski definition) is 1. The van der Waals surface area contributed by atoms with Crippen molar-refractivity contribution in [2.75, 3.05) is 0 Å². The molecule has 0 saturated carbocycles. The second-order valence-electron chi connectivity index (χ2n) is 5.52. The number of nitrogens with one attached hydrogen (secondary N) is 1. The van der Waals surface area contributed by atoms with Crippen molar-refractivity contribution in [3.63, 3.8) is 0 Å². The van der Waals surface area contributed by atoms with Gasteiger partial charge in [0.15, 0.2) is 0 Å². The smallest absolute Gasteiger partial charge is 0.150 e. The van der Waals surface area contributed by atoms with E-state index in [1.54, 1.807) is 12.4 Å². The Morgan fingerprint density at radius 3 is 2.57 bits per heavy atom. The number of ether oxygens (including phenoxy) is 1. The Morgan fingerprint density at radius 1 is 1.14 bits per heavy atom. The maximum Gasteiger partial charge on any atom is 0.150 e. The molecule has 0 atom stereocenters. The summed E-state index contributed by atoms with van der Waals surface area (Å²) in [5, 5.41) is 3.41. The molecule has 1 aromatic heterocycles. The van der Waals surface area contributed by atoms with Gasteiger partial charge in [-0.15, -0.1) is 0 Å². The van der Waals surface area contributed by atoms with Gasteiger partial charge in [0, 0.05) is 24.3 Å². The molecule has 0 amide bonds. The zero-order valence-electron chi connectivity index (χ0n) is 13.1. The van der Waals surface area contributed by atoms with Crippen LogP contribution in [-0.4, -0.2) is 11.0 Å². The Kier molecular flexibility index (Phi) is 5.76. The molecule has 1 heterocycles. The van der Waals surface area contributed by atoms with Crippen LogP contribution in [0.15, 0.2) is 42.7 Å². The Morgan fingerprint density at radius 2 is 1.90 bits per heavy atom. The molecular weight excluding hydrogens is 260 g/mol. The molecule has 0 aliphatic carbocycles. The van der Waals surface area contributed by atoms with E-state index in [1.165, 1.54) is 5.56 Å². The molecule has 3 heteroatoms. The van der Waals surface area contributed by atoms with E-state index in [9.17, 15) is 0 Å². The summed E-state index contributed by atoms with van der Waals surface area (Å²) in [4.78, 5) is 4.16. The van der Waals surface area contributed by atoms with Gasteiger partial charge in [-0.25, -0.2) is 0 Å². The van der Waals surface area contributed by atoms with E-state index in [-0.39, 0.29) is 0 Å². The largest absolute Gasteiger partial charge is 0.455 e. The van der Waals surface area contributed by atoms with Crippen LogP contribution in [0.3, 0.4) is 0 Å². The number of rotatable bonds is 7. The van der Waals surface area contributed by atoms with Crippen molar-refractivity contribution in [3.8, 4) is 11.5 Å². The van der Waals surface area contributed by atoms with Crippen molar-refractivity contribution in [3.05, 3.63) is 53.9 Å². The SMILES string of the molecule is CCCc1ccc(Oc2cnccc2CNC(C)C)cc1. The molecule has 0 radical (unpaired) electrons. The highest BCUT2D eigenvalue weighted by molar-refractivity contribution is 5.36. The van der Waals surface area contributed by atoms with Crippen molar-refractivity contribution in [2.45, 2.75) is 46.2 Å². The molecule has 0 spiro atoms. The minimum absolute atomic E-state index is 0.444. The molecule has 0 unspecified atom stereocenters. The fraction of sp³-hybridized carbons (Fsp3) is 0.389. The molecule has 0 bridgehead atoms. The first-order valence-electron chi connectivity index (χ1n) is 7.62. The predicted molar refractivity (Wildman–Crippen MR) is 86.7 cm³/mol. The Hall–Kier alpha value is -1.87. The van der Waals surface area contributed by atoms with Gasteiger partial charge < -0.3 is 10.1 Å². The molecule has 2 rings (SSSR count). The molecule has 2 aromatic rings. The third-order valence-electron chi connectivity index (χ3n) is 3.26. The molecule has 0 aliphatic rings. The van der Waals surface area contributed by atoms with Crippen LogP contribution in [0, 0.1) is 0 Å². The van der Waals surface area contributed by atoms with Crippen molar-refractivity contribution < 1.29 is 4.74 Å². The molecule has 112 valence electrons. The molecule has 1 N–H and O–H groups in total.